The van der Waals surface area contributed by atoms with Gasteiger partial charge in [-0.05, 0) is 42.0 Å². The second-order valence-electron chi connectivity index (χ2n) is 7.35. The standard InChI is InChI=1S/C24H16FN5O3/c25-19-9-4-11-26-21(19)30-12-10-20(28-30)27-22(31)16-6-3-5-15(13-16)14-29-23(32)17-7-1-2-8-18(17)24(29)33/h1-13H,14H2,(H,27,28,31). The minimum absolute atomic E-state index is 0.0148. The summed E-state index contributed by atoms with van der Waals surface area (Å²) in [5.74, 6) is -1.47. The fourth-order valence-electron chi connectivity index (χ4n) is 3.62. The van der Waals surface area contributed by atoms with Crippen molar-refractivity contribution >= 4 is 23.5 Å². The van der Waals surface area contributed by atoms with Gasteiger partial charge in [0.2, 0.25) is 0 Å². The molecule has 162 valence electrons. The van der Waals surface area contributed by atoms with E-state index in [1.807, 2.05) is 0 Å². The van der Waals surface area contributed by atoms with Gasteiger partial charge < -0.3 is 5.32 Å². The van der Waals surface area contributed by atoms with E-state index in [9.17, 15) is 18.8 Å². The summed E-state index contributed by atoms with van der Waals surface area (Å²) in [5, 5.41) is 6.79. The molecule has 3 amide bonds. The number of halogens is 1. The SMILES string of the molecule is O=C(Nc1ccn(-c2ncccc2F)n1)c1cccc(CN2C(=O)c3ccccc3C2=O)c1. The maximum absolute atomic E-state index is 13.9. The summed E-state index contributed by atoms with van der Waals surface area (Å²) in [4.78, 5) is 43.0. The Hall–Kier alpha value is -4.66. The average molecular weight is 441 g/mol. The van der Waals surface area contributed by atoms with Crippen LogP contribution >= 0.6 is 0 Å². The Morgan fingerprint density at radius 2 is 1.70 bits per heavy atom. The van der Waals surface area contributed by atoms with Gasteiger partial charge in [0.1, 0.15) is 0 Å². The Labute approximate surface area is 187 Å². The summed E-state index contributed by atoms with van der Waals surface area (Å²) in [6.45, 7) is 0.0427. The predicted molar refractivity (Wildman–Crippen MR) is 116 cm³/mol. The molecule has 0 unspecified atom stereocenters. The minimum atomic E-state index is -0.542. The Morgan fingerprint density at radius 3 is 2.42 bits per heavy atom. The summed E-state index contributed by atoms with van der Waals surface area (Å²) in [6, 6.07) is 17.5. The van der Waals surface area contributed by atoms with Crippen LogP contribution in [0.5, 0.6) is 0 Å². The Bertz CT molecular complexity index is 1380. The third kappa shape index (κ3) is 3.76. The molecule has 0 saturated heterocycles. The Morgan fingerprint density at radius 1 is 0.939 bits per heavy atom. The van der Waals surface area contributed by atoms with E-state index in [1.54, 1.807) is 48.5 Å². The van der Waals surface area contributed by atoms with E-state index in [1.165, 1.54) is 35.3 Å². The molecule has 2 aromatic carbocycles. The van der Waals surface area contributed by atoms with Gasteiger partial charge in [0.15, 0.2) is 17.5 Å². The van der Waals surface area contributed by atoms with Gasteiger partial charge in [-0.1, -0.05) is 24.3 Å². The third-order valence-electron chi connectivity index (χ3n) is 5.19. The van der Waals surface area contributed by atoms with Crippen molar-refractivity contribution in [3.8, 4) is 5.82 Å². The highest BCUT2D eigenvalue weighted by Crippen LogP contribution is 2.24. The van der Waals surface area contributed by atoms with Gasteiger partial charge in [-0.15, -0.1) is 5.10 Å². The van der Waals surface area contributed by atoms with E-state index >= 15 is 0 Å². The zero-order valence-corrected chi connectivity index (χ0v) is 17.1. The van der Waals surface area contributed by atoms with Crippen LogP contribution in [0.3, 0.4) is 0 Å². The monoisotopic (exact) mass is 441 g/mol. The quantitative estimate of drug-likeness (QED) is 0.479. The molecule has 4 aromatic rings. The molecule has 8 nitrogen and oxygen atoms in total. The van der Waals surface area contributed by atoms with E-state index in [0.29, 0.717) is 22.3 Å². The van der Waals surface area contributed by atoms with Gasteiger partial charge >= 0.3 is 0 Å². The summed E-state index contributed by atoms with van der Waals surface area (Å²) in [6.07, 6.45) is 2.93. The molecule has 1 aliphatic rings. The number of rotatable bonds is 5. The van der Waals surface area contributed by atoms with Gasteiger partial charge in [-0.3, -0.25) is 19.3 Å². The molecule has 9 heteroatoms. The lowest BCUT2D eigenvalue weighted by molar-refractivity contribution is 0.0642. The summed E-state index contributed by atoms with van der Waals surface area (Å²) < 4.78 is 15.1. The molecule has 3 heterocycles. The molecule has 0 spiro atoms. The second kappa shape index (κ2) is 8.12. The van der Waals surface area contributed by atoms with Gasteiger partial charge in [0.05, 0.1) is 17.7 Å². The fraction of sp³-hybridized carbons (Fsp3) is 0.0417. The predicted octanol–water partition coefficient (Wildman–Crippen LogP) is 3.45. The summed E-state index contributed by atoms with van der Waals surface area (Å²) in [7, 11) is 0. The lowest BCUT2D eigenvalue weighted by atomic mass is 10.1. The van der Waals surface area contributed by atoms with E-state index in [-0.39, 0.29) is 30.0 Å². The van der Waals surface area contributed by atoms with Crippen LogP contribution in [0.1, 0.15) is 36.6 Å². The van der Waals surface area contributed by atoms with Crippen LogP contribution in [0, 0.1) is 5.82 Å². The molecular formula is C24H16FN5O3. The average Bonchev–Trinajstić information content (AvgIpc) is 3.38. The van der Waals surface area contributed by atoms with Crippen molar-refractivity contribution < 1.29 is 18.8 Å². The van der Waals surface area contributed by atoms with Crippen molar-refractivity contribution in [3.63, 3.8) is 0 Å². The van der Waals surface area contributed by atoms with Crippen LogP contribution in [-0.4, -0.2) is 37.4 Å². The zero-order valence-electron chi connectivity index (χ0n) is 17.1. The third-order valence-corrected chi connectivity index (χ3v) is 5.19. The number of pyridine rings is 1. The van der Waals surface area contributed by atoms with Crippen molar-refractivity contribution in [2.24, 2.45) is 0 Å². The number of nitrogens with zero attached hydrogens (tertiary/aromatic N) is 4. The molecule has 0 aliphatic carbocycles. The van der Waals surface area contributed by atoms with Crippen molar-refractivity contribution in [2.75, 3.05) is 5.32 Å². The molecule has 0 radical (unpaired) electrons. The minimum Gasteiger partial charge on any atom is -0.305 e. The van der Waals surface area contributed by atoms with E-state index in [4.69, 9.17) is 0 Å². The van der Waals surface area contributed by atoms with Crippen LogP contribution < -0.4 is 5.32 Å². The molecular weight excluding hydrogens is 425 g/mol. The highest BCUT2D eigenvalue weighted by Gasteiger charge is 2.35. The van der Waals surface area contributed by atoms with Gasteiger partial charge in [0.25, 0.3) is 17.7 Å². The molecule has 1 aliphatic heterocycles. The van der Waals surface area contributed by atoms with Crippen molar-refractivity contribution in [1.82, 2.24) is 19.7 Å². The Kier molecular flexibility index (Phi) is 4.98. The molecule has 1 N–H and O–H groups in total. The number of imide groups is 1. The maximum Gasteiger partial charge on any atom is 0.261 e. The molecule has 0 bridgehead atoms. The van der Waals surface area contributed by atoms with Crippen LogP contribution in [0.25, 0.3) is 5.82 Å². The molecule has 5 rings (SSSR count). The van der Waals surface area contributed by atoms with E-state index < -0.39 is 11.7 Å². The van der Waals surface area contributed by atoms with Gasteiger partial charge in [-0.2, -0.15) is 0 Å². The van der Waals surface area contributed by atoms with Crippen molar-refractivity contribution in [3.05, 3.63) is 107 Å². The summed E-state index contributed by atoms with van der Waals surface area (Å²) in [5.41, 5.74) is 1.69. The van der Waals surface area contributed by atoms with Crippen molar-refractivity contribution in [1.29, 1.82) is 0 Å². The highest BCUT2D eigenvalue weighted by atomic mass is 19.1. The molecule has 0 fully saturated rings. The number of carbonyl (C=O) groups excluding carboxylic acids is 3. The van der Waals surface area contributed by atoms with Crippen molar-refractivity contribution in [2.45, 2.75) is 6.54 Å². The Balaban J connectivity index is 1.31. The zero-order chi connectivity index (χ0) is 22.9. The van der Waals surface area contributed by atoms with Crippen LogP contribution in [0.15, 0.2) is 79.1 Å². The van der Waals surface area contributed by atoms with E-state index in [0.717, 1.165) is 4.90 Å². The first-order chi connectivity index (χ1) is 16.0. The maximum atomic E-state index is 13.9. The van der Waals surface area contributed by atoms with Gasteiger partial charge in [-0.25, -0.2) is 14.1 Å². The first-order valence-electron chi connectivity index (χ1n) is 10.0. The van der Waals surface area contributed by atoms with Crippen LogP contribution in [0.4, 0.5) is 10.2 Å². The second-order valence-corrected chi connectivity index (χ2v) is 7.35. The topological polar surface area (TPSA) is 97.2 Å². The number of hydrogen-bond acceptors (Lipinski definition) is 5. The number of carbonyl (C=O) groups is 3. The number of benzene rings is 2. The van der Waals surface area contributed by atoms with E-state index in [2.05, 4.69) is 15.4 Å². The largest absolute Gasteiger partial charge is 0.305 e. The van der Waals surface area contributed by atoms with Gasteiger partial charge in [0, 0.05) is 24.0 Å². The molecule has 0 atom stereocenters. The first-order valence-corrected chi connectivity index (χ1v) is 10.0. The molecule has 33 heavy (non-hydrogen) atoms. The number of anilines is 1. The number of aromatic nitrogens is 3. The number of hydrogen-bond donors (Lipinski definition) is 1. The number of fused-ring (bicyclic) bond motifs is 1. The normalized spacial score (nSPS) is 12.7. The van der Waals surface area contributed by atoms with Crippen LogP contribution in [-0.2, 0) is 6.54 Å². The fourth-order valence-corrected chi connectivity index (χ4v) is 3.62. The lowest BCUT2D eigenvalue weighted by Gasteiger charge is -2.14. The highest BCUT2D eigenvalue weighted by molar-refractivity contribution is 6.21. The molecule has 0 saturated carbocycles. The summed E-state index contributed by atoms with van der Waals surface area (Å²) >= 11 is 0. The lowest BCUT2D eigenvalue weighted by Crippen LogP contribution is -2.29. The first kappa shape index (κ1) is 20.3. The van der Waals surface area contributed by atoms with Crippen LogP contribution in [0.2, 0.25) is 0 Å². The number of amides is 3. The number of nitrogens with one attached hydrogen (secondary N) is 1. The molecule has 2 aromatic heterocycles. The smallest absolute Gasteiger partial charge is 0.261 e.